The molecule has 0 saturated carbocycles. The van der Waals surface area contributed by atoms with Crippen molar-refractivity contribution in [1.29, 1.82) is 0 Å². The van der Waals surface area contributed by atoms with Gasteiger partial charge in [-0.1, -0.05) is 30.7 Å². The number of aliphatic hydroxyl groups is 3. The van der Waals surface area contributed by atoms with Gasteiger partial charge in [0.25, 0.3) is 0 Å². The van der Waals surface area contributed by atoms with E-state index < -0.39 is 101 Å². The van der Waals surface area contributed by atoms with Gasteiger partial charge in [0.05, 0.1) is 42.0 Å². The van der Waals surface area contributed by atoms with Gasteiger partial charge in [0, 0.05) is 38.5 Å². The van der Waals surface area contributed by atoms with Gasteiger partial charge in [-0.15, -0.1) is 0 Å². The zero-order valence-electron chi connectivity index (χ0n) is 36.3. The van der Waals surface area contributed by atoms with E-state index in [4.69, 9.17) is 42.6 Å². The van der Waals surface area contributed by atoms with Crippen molar-refractivity contribution in [3.05, 3.63) is 23.8 Å². The van der Waals surface area contributed by atoms with Crippen LogP contribution < -0.4 is 0 Å². The van der Waals surface area contributed by atoms with Gasteiger partial charge >= 0.3 is 5.97 Å². The maximum absolute atomic E-state index is 14.0. The smallest absolute Gasteiger partial charge is 0.311 e. The lowest BCUT2D eigenvalue weighted by molar-refractivity contribution is -0.359. The minimum Gasteiger partial charge on any atom is -0.459 e. The summed E-state index contributed by atoms with van der Waals surface area (Å²) in [4.78, 5) is 27.9. The molecular weight excluding hydrogens is 776 g/mol. The topological polar surface area (TPSA) is 178 Å². The van der Waals surface area contributed by atoms with Crippen LogP contribution in [0.3, 0.4) is 0 Å². The lowest BCUT2D eigenvalue weighted by Gasteiger charge is -2.47. The Kier molecular flexibility index (Phi) is 11.4. The van der Waals surface area contributed by atoms with E-state index in [0.29, 0.717) is 51.4 Å². The first-order chi connectivity index (χ1) is 28.3. The average molecular weight is 845 g/mol. The van der Waals surface area contributed by atoms with Crippen LogP contribution in [0.5, 0.6) is 0 Å². The zero-order valence-corrected chi connectivity index (χ0v) is 36.3. The van der Waals surface area contributed by atoms with Crippen LogP contribution in [0.15, 0.2) is 23.8 Å². The number of aliphatic hydroxyl groups excluding tert-OH is 2. The molecule has 0 aromatic rings. The second-order valence-corrected chi connectivity index (χ2v) is 20.7. The van der Waals surface area contributed by atoms with Crippen LogP contribution in [-0.2, 0) is 52.2 Å². The van der Waals surface area contributed by atoms with Crippen molar-refractivity contribution in [2.24, 2.45) is 11.8 Å². The van der Waals surface area contributed by atoms with Crippen LogP contribution in [0.2, 0.25) is 0 Å². The molecule has 0 amide bonds. The third-order valence-corrected chi connectivity index (χ3v) is 15.5. The molecule has 2 spiro atoms. The predicted octanol–water partition coefficient (Wildman–Crippen LogP) is 5.01. The zero-order chi connectivity index (χ0) is 42.5. The van der Waals surface area contributed by atoms with E-state index in [1.807, 2.05) is 19.1 Å². The molecule has 0 aliphatic carbocycles. The Hall–Kier alpha value is -1.82. The molecule has 0 aromatic heterocycles. The number of ether oxygens (including phenoxy) is 9. The third kappa shape index (κ3) is 7.90. The Morgan fingerprint density at radius 3 is 2.37 bits per heavy atom. The summed E-state index contributed by atoms with van der Waals surface area (Å²) in [5.74, 6) is -5.02. The van der Waals surface area contributed by atoms with Crippen molar-refractivity contribution >= 4 is 11.8 Å². The van der Waals surface area contributed by atoms with Crippen LogP contribution in [0.25, 0.3) is 0 Å². The first-order valence-electron chi connectivity index (χ1n) is 22.9. The molecule has 10 bridgehead atoms. The van der Waals surface area contributed by atoms with Crippen LogP contribution in [0.4, 0.5) is 0 Å². The minimum atomic E-state index is -1.93. The number of rotatable bonds is 1. The van der Waals surface area contributed by atoms with Gasteiger partial charge in [-0.05, 0) is 98.3 Å². The fourth-order valence-corrected chi connectivity index (χ4v) is 12.2. The molecule has 9 aliphatic heterocycles. The standard InChI is InChI=1S/C46H68O14/c1-26-11-12-31-33(22-37(53-31)46(51)35(48)10-8-20-52-46)54-40(50)28(3)30-9-7-15-44(55-30)17-13-32(56-44)39(49)43(6)24-29(47)38(59-43)34-25-42(5)18-19-45(57-34,60-42)36-14-16-41(4,58-36)23-27(2)21-26/h11-12,21,27-28,30-39,48-49,51H,7-10,13-20,22-25H2,1-6H3/t27-,28+,30-,31+,32-,33+,34-,35+,36+,37-,38-,39-,41+,42-,43+,44-,45-,46-/m0/s1. The van der Waals surface area contributed by atoms with Gasteiger partial charge in [-0.2, -0.15) is 0 Å². The summed E-state index contributed by atoms with van der Waals surface area (Å²) in [6, 6.07) is 0. The van der Waals surface area contributed by atoms with Crippen molar-refractivity contribution in [2.45, 2.75) is 233 Å². The van der Waals surface area contributed by atoms with Crippen LogP contribution in [0, 0.1) is 11.8 Å². The van der Waals surface area contributed by atoms with Gasteiger partial charge in [0.2, 0.25) is 5.79 Å². The van der Waals surface area contributed by atoms with Crippen LogP contribution in [0.1, 0.15) is 138 Å². The molecule has 9 aliphatic rings. The maximum atomic E-state index is 14.0. The van der Waals surface area contributed by atoms with Gasteiger partial charge in [0.15, 0.2) is 17.4 Å². The van der Waals surface area contributed by atoms with E-state index in [9.17, 15) is 24.9 Å². The SMILES string of the molecule is CC1=C[C@H](C)C[C@@]2(C)CC[C@@H](O2)[C@@]23CC[C@@](C)(C[C@H](O2)[C@H]2O[C@](C)(CC2=O)[C@@H](O)[C@@H]2CC[C@]4(CCC[C@H](O4)[C@@H](C)C(=O)O[C@@H]4C[C@@H]([C@@]5(O)OCCC[C@H]5O)O[C@@H]4C=C1)O2)O3. The normalized spacial score (nSPS) is 53.8. The lowest BCUT2D eigenvalue weighted by Crippen LogP contribution is -2.57. The van der Waals surface area contributed by atoms with Crippen molar-refractivity contribution in [2.75, 3.05) is 6.61 Å². The maximum Gasteiger partial charge on any atom is 0.311 e. The monoisotopic (exact) mass is 844 g/mol. The molecule has 8 saturated heterocycles. The molecule has 14 nitrogen and oxygen atoms in total. The average Bonchev–Trinajstić information content (AvgIpc) is 4.01. The van der Waals surface area contributed by atoms with Crippen molar-refractivity contribution in [3.63, 3.8) is 0 Å². The van der Waals surface area contributed by atoms with E-state index >= 15 is 0 Å². The Morgan fingerprint density at radius 2 is 1.57 bits per heavy atom. The van der Waals surface area contributed by atoms with Crippen molar-refractivity contribution < 1.29 is 67.5 Å². The molecule has 0 unspecified atom stereocenters. The Balaban J connectivity index is 1.00. The second-order valence-electron chi connectivity index (χ2n) is 20.7. The molecule has 336 valence electrons. The Morgan fingerprint density at radius 1 is 0.767 bits per heavy atom. The summed E-state index contributed by atoms with van der Waals surface area (Å²) in [7, 11) is 0. The number of carbonyl (C=O) groups excluding carboxylic acids is 2. The van der Waals surface area contributed by atoms with Crippen molar-refractivity contribution in [1.82, 2.24) is 0 Å². The highest BCUT2D eigenvalue weighted by Gasteiger charge is 2.65. The second kappa shape index (κ2) is 15.7. The summed E-state index contributed by atoms with van der Waals surface area (Å²) in [6.07, 6.45) is 6.84. The van der Waals surface area contributed by atoms with Crippen LogP contribution in [-0.4, -0.2) is 129 Å². The number of Topliss-reactive ketones (excluding diaryl/α,β-unsaturated/α-hetero) is 1. The first-order valence-corrected chi connectivity index (χ1v) is 22.9. The molecular formula is C46H68O14. The fraction of sp³-hybridized carbons (Fsp3) is 0.870. The first kappa shape index (κ1) is 43.4. The van der Waals surface area contributed by atoms with E-state index in [1.165, 1.54) is 0 Å². The molecule has 9 rings (SSSR count). The van der Waals surface area contributed by atoms with E-state index in [1.54, 1.807) is 13.8 Å². The summed E-state index contributed by atoms with van der Waals surface area (Å²) in [5, 5.41) is 34.3. The largest absolute Gasteiger partial charge is 0.459 e. The lowest BCUT2D eigenvalue weighted by atomic mass is 9.88. The quantitative estimate of drug-likeness (QED) is 0.300. The van der Waals surface area contributed by atoms with E-state index in [0.717, 1.165) is 37.7 Å². The van der Waals surface area contributed by atoms with Crippen molar-refractivity contribution in [3.8, 4) is 0 Å². The number of hydrogen-bond donors (Lipinski definition) is 3. The molecule has 0 aromatic carbocycles. The van der Waals surface area contributed by atoms with Gasteiger partial charge in [0.1, 0.15) is 48.3 Å². The van der Waals surface area contributed by atoms with Gasteiger partial charge in [-0.25, -0.2) is 0 Å². The fourth-order valence-electron chi connectivity index (χ4n) is 12.2. The highest BCUT2D eigenvalue weighted by atomic mass is 16.8. The number of esters is 1. The van der Waals surface area contributed by atoms with Crippen LogP contribution >= 0.6 is 0 Å². The number of carbonyl (C=O) groups is 2. The number of hydrogen-bond acceptors (Lipinski definition) is 14. The van der Waals surface area contributed by atoms with E-state index in [-0.39, 0.29) is 37.3 Å². The molecule has 18 atom stereocenters. The molecule has 3 N–H and O–H groups in total. The number of allylic oxidation sites excluding steroid dienone is 3. The summed E-state index contributed by atoms with van der Waals surface area (Å²) in [6.45, 7) is 12.3. The molecule has 8 fully saturated rings. The molecule has 14 heteroatoms. The summed E-state index contributed by atoms with van der Waals surface area (Å²) < 4.78 is 58.8. The van der Waals surface area contributed by atoms with Gasteiger partial charge in [-0.3, -0.25) is 9.59 Å². The predicted molar refractivity (Wildman–Crippen MR) is 213 cm³/mol. The summed E-state index contributed by atoms with van der Waals surface area (Å²) >= 11 is 0. The minimum absolute atomic E-state index is 0.0232. The van der Waals surface area contributed by atoms with E-state index in [2.05, 4.69) is 26.8 Å². The summed E-state index contributed by atoms with van der Waals surface area (Å²) in [5.41, 5.74) is -1.16. The molecule has 0 radical (unpaired) electrons. The number of fused-ring (bicyclic) bond motifs is 10. The third-order valence-electron chi connectivity index (χ3n) is 15.5. The number of ketones is 1. The van der Waals surface area contributed by atoms with Gasteiger partial charge < -0.3 is 58.0 Å². The Labute approximate surface area is 353 Å². The molecule has 9 heterocycles. The molecule has 60 heavy (non-hydrogen) atoms. The Bertz CT molecular complexity index is 1720. The highest BCUT2D eigenvalue weighted by Crippen LogP contribution is 2.55. The highest BCUT2D eigenvalue weighted by molar-refractivity contribution is 5.86.